The number of aromatic nitrogens is 2. The van der Waals surface area contributed by atoms with E-state index in [0.717, 1.165) is 0 Å². The third kappa shape index (κ3) is 4.30. The Bertz CT molecular complexity index is 1040. The molecule has 1 aliphatic rings. The van der Waals surface area contributed by atoms with E-state index >= 15 is 0 Å². The van der Waals surface area contributed by atoms with Gasteiger partial charge in [0.2, 0.25) is 5.91 Å². The van der Waals surface area contributed by atoms with Gasteiger partial charge in [0.25, 0.3) is 5.56 Å². The Balaban J connectivity index is 1.35. The van der Waals surface area contributed by atoms with Crippen LogP contribution in [-0.2, 0) is 11.2 Å². The minimum atomic E-state index is -0.127. The molecule has 2 aromatic carbocycles. The topological polar surface area (TPSA) is 74.8 Å². The number of nitrogens with zero attached hydrogens (tertiary/aromatic N) is 1. The number of nitrogens with one attached hydrogen (secondary N) is 2. The van der Waals surface area contributed by atoms with Crippen molar-refractivity contribution in [3.63, 3.8) is 0 Å². The average Bonchev–Trinajstić information content (AvgIpc) is 3.52. The number of rotatable bonds is 7. The predicted molar refractivity (Wildman–Crippen MR) is 110 cm³/mol. The molecule has 144 valence electrons. The standard InChI is InChI=1S/C23H25N3O2/c1-15-9-11-16(12-10-15)22(17-13-14-17)26-21(27)8-4-7-20-24-19-6-3-2-5-18(19)23(28)25-20/h2-3,5-6,9-12,17,22H,4,7-8,13-14H2,1H3,(H,26,27)(H,24,25,28). The van der Waals surface area contributed by atoms with Gasteiger partial charge in [-0.15, -0.1) is 0 Å². The fourth-order valence-corrected chi connectivity index (χ4v) is 3.59. The highest BCUT2D eigenvalue weighted by Crippen LogP contribution is 2.41. The fraction of sp³-hybridized carbons (Fsp3) is 0.348. The number of hydrogen-bond acceptors (Lipinski definition) is 3. The van der Waals surface area contributed by atoms with E-state index in [0.29, 0.717) is 41.9 Å². The molecule has 1 unspecified atom stereocenters. The van der Waals surface area contributed by atoms with Gasteiger partial charge in [0.05, 0.1) is 16.9 Å². The lowest BCUT2D eigenvalue weighted by Gasteiger charge is -2.19. The monoisotopic (exact) mass is 375 g/mol. The first-order valence-corrected chi connectivity index (χ1v) is 9.94. The second-order valence-corrected chi connectivity index (χ2v) is 7.68. The molecule has 28 heavy (non-hydrogen) atoms. The van der Waals surface area contributed by atoms with Crippen molar-refractivity contribution in [2.45, 2.75) is 45.1 Å². The molecule has 4 rings (SSSR count). The Morgan fingerprint density at radius 2 is 1.93 bits per heavy atom. The molecule has 1 heterocycles. The van der Waals surface area contributed by atoms with Crippen molar-refractivity contribution in [3.05, 3.63) is 75.8 Å². The molecule has 1 atom stereocenters. The van der Waals surface area contributed by atoms with Crippen molar-refractivity contribution in [3.8, 4) is 0 Å². The summed E-state index contributed by atoms with van der Waals surface area (Å²) in [6.07, 6.45) is 3.98. The van der Waals surface area contributed by atoms with Crippen molar-refractivity contribution in [2.24, 2.45) is 5.92 Å². The van der Waals surface area contributed by atoms with Crippen molar-refractivity contribution in [1.82, 2.24) is 15.3 Å². The smallest absolute Gasteiger partial charge is 0.258 e. The highest BCUT2D eigenvalue weighted by Gasteiger charge is 2.33. The summed E-state index contributed by atoms with van der Waals surface area (Å²) in [7, 11) is 0. The van der Waals surface area contributed by atoms with Crippen LogP contribution in [-0.4, -0.2) is 15.9 Å². The number of para-hydroxylation sites is 1. The Kier molecular flexibility index (Phi) is 5.24. The first kappa shape index (κ1) is 18.4. The minimum Gasteiger partial charge on any atom is -0.349 e. The number of carbonyl (C=O) groups excluding carboxylic acids is 1. The molecule has 0 saturated heterocycles. The van der Waals surface area contributed by atoms with Crippen LogP contribution in [0.3, 0.4) is 0 Å². The minimum absolute atomic E-state index is 0.0561. The predicted octanol–water partition coefficient (Wildman–Crippen LogP) is 3.82. The fourth-order valence-electron chi connectivity index (χ4n) is 3.59. The molecule has 1 amide bonds. The van der Waals surface area contributed by atoms with Crippen LogP contribution >= 0.6 is 0 Å². The van der Waals surface area contributed by atoms with E-state index in [2.05, 4.69) is 46.5 Å². The van der Waals surface area contributed by atoms with Crippen molar-refractivity contribution in [2.75, 3.05) is 0 Å². The molecular formula is C23H25N3O2. The number of carbonyl (C=O) groups is 1. The molecule has 0 spiro atoms. The summed E-state index contributed by atoms with van der Waals surface area (Å²) in [6.45, 7) is 2.07. The maximum Gasteiger partial charge on any atom is 0.258 e. The van der Waals surface area contributed by atoms with E-state index in [1.54, 1.807) is 6.07 Å². The van der Waals surface area contributed by atoms with E-state index < -0.39 is 0 Å². The number of amides is 1. The number of benzene rings is 2. The summed E-state index contributed by atoms with van der Waals surface area (Å²) in [5, 5.41) is 3.80. The first-order valence-electron chi connectivity index (χ1n) is 9.94. The van der Waals surface area contributed by atoms with Crippen molar-refractivity contribution in [1.29, 1.82) is 0 Å². The zero-order valence-electron chi connectivity index (χ0n) is 16.1. The third-order valence-corrected chi connectivity index (χ3v) is 5.33. The molecule has 1 fully saturated rings. The lowest BCUT2D eigenvalue weighted by Crippen LogP contribution is -2.29. The van der Waals surface area contributed by atoms with Gasteiger partial charge < -0.3 is 10.3 Å². The quantitative estimate of drug-likeness (QED) is 0.659. The maximum atomic E-state index is 12.5. The van der Waals surface area contributed by atoms with E-state index in [-0.39, 0.29) is 17.5 Å². The molecule has 5 nitrogen and oxygen atoms in total. The number of aromatic amines is 1. The Labute approximate surface area is 164 Å². The van der Waals surface area contributed by atoms with Gasteiger partial charge in [-0.3, -0.25) is 9.59 Å². The zero-order chi connectivity index (χ0) is 19.5. The van der Waals surface area contributed by atoms with Crippen LogP contribution in [0.4, 0.5) is 0 Å². The second-order valence-electron chi connectivity index (χ2n) is 7.68. The van der Waals surface area contributed by atoms with Crippen molar-refractivity contribution < 1.29 is 4.79 Å². The molecule has 3 aromatic rings. The second kappa shape index (κ2) is 7.97. The largest absolute Gasteiger partial charge is 0.349 e. The van der Waals surface area contributed by atoms with Crippen LogP contribution in [0, 0.1) is 12.8 Å². The highest BCUT2D eigenvalue weighted by molar-refractivity contribution is 5.77. The highest BCUT2D eigenvalue weighted by atomic mass is 16.1. The van der Waals surface area contributed by atoms with Gasteiger partial charge in [-0.05, 0) is 49.8 Å². The lowest BCUT2D eigenvalue weighted by atomic mass is 10.0. The average molecular weight is 375 g/mol. The molecular weight excluding hydrogens is 350 g/mol. The molecule has 0 aliphatic heterocycles. The number of fused-ring (bicyclic) bond motifs is 1. The Morgan fingerprint density at radius 1 is 1.18 bits per heavy atom. The van der Waals surface area contributed by atoms with E-state index in [4.69, 9.17) is 0 Å². The third-order valence-electron chi connectivity index (χ3n) is 5.33. The summed E-state index contributed by atoms with van der Waals surface area (Å²) in [4.78, 5) is 31.9. The molecule has 5 heteroatoms. The van der Waals surface area contributed by atoms with Crippen molar-refractivity contribution >= 4 is 16.8 Å². The van der Waals surface area contributed by atoms with Crippen LogP contribution in [0.1, 0.15) is 48.7 Å². The van der Waals surface area contributed by atoms with Gasteiger partial charge in [0, 0.05) is 12.8 Å². The normalized spacial score (nSPS) is 14.8. The summed E-state index contributed by atoms with van der Waals surface area (Å²) >= 11 is 0. The number of H-pyrrole nitrogens is 1. The Morgan fingerprint density at radius 3 is 2.68 bits per heavy atom. The summed E-state index contributed by atoms with van der Waals surface area (Å²) in [5.74, 6) is 1.24. The molecule has 0 radical (unpaired) electrons. The zero-order valence-corrected chi connectivity index (χ0v) is 16.1. The van der Waals surface area contributed by atoms with Gasteiger partial charge in [-0.1, -0.05) is 42.0 Å². The van der Waals surface area contributed by atoms with Gasteiger partial charge in [-0.2, -0.15) is 0 Å². The van der Waals surface area contributed by atoms with E-state index in [1.165, 1.54) is 24.0 Å². The molecule has 2 N–H and O–H groups in total. The first-order chi connectivity index (χ1) is 13.6. The van der Waals surface area contributed by atoms with Gasteiger partial charge in [-0.25, -0.2) is 4.98 Å². The molecule has 1 aromatic heterocycles. The number of hydrogen-bond donors (Lipinski definition) is 2. The van der Waals surface area contributed by atoms with Gasteiger partial charge >= 0.3 is 0 Å². The van der Waals surface area contributed by atoms with Crippen LogP contribution in [0.2, 0.25) is 0 Å². The van der Waals surface area contributed by atoms with E-state index in [9.17, 15) is 9.59 Å². The SMILES string of the molecule is Cc1ccc(C(NC(=O)CCCc2nc3ccccc3c(=O)[nH]2)C2CC2)cc1. The lowest BCUT2D eigenvalue weighted by molar-refractivity contribution is -0.122. The van der Waals surface area contributed by atoms with Crippen LogP contribution in [0.5, 0.6) is 0 Å². The molecule has 1 saturated carbocycles. The summed E-state index contributed by atoms with van der Waals surface area (Å²) in [5.41, 5.74) is 2.97. The maximum absolute atomic E-state index is 12.5. The van der Waals surface area contributed by atoms with Gasteiger partial charge in [0.15, 0.2) is 0 Å². The van der Waals surface area contributed by atoms with Crippen LogP contribution in [0.15, 0.2) is 53.3 Å². The Hall–Kier alpha value is -2.95. The summed E-state index contributed by atoms with van der Waals surface area (Å²) in [6, 6.07) is 15.8. The summed E-state index contributed by atoms with van der Waals surface area (Å²) < 4.78 is 0. The van der Waals surface area contributed by atoms with Gasteiger partial charge in [0.1, 0.15) is 5.82 Å². The van der Waals surface area contributed by atoms with Crippen LogP contribution in [0.25, 0.3) is 10.9 Å². The van der Waals surface area contributed by atoms with E-state index in [1.807, 2.05) is 18.2 Å². The van der Waals surface area contributed by atoms with Crippen LogP contribution < -0.4 is 10.9 Å². The number of aryl methyl sites for hydroxylation is 2. The molecule has 0 bridgehead atoms. The molecule has 1 aliphatic carbocycles.